The number of halogens is 3. The topological polar surface area (TPSA) is 29.5 Å². The number of rotatable bonds is 3. The number of ether oxygens (including phenoxy) is 1. The zero-order chi connectivity index (χ0) is 17.3. The Labute approximate surface area is 139 Å². The molecular weight excluding hydrogens is 317 g/mol. The fraction of sp³-hybridized carbons (Fsp3) is 0.474. The third kappa shape index (κ3) is 3.51. The van der Waals surface area contributed by atoms with Crippen LogP contribution in [-0.2, 0) is 12.8 Å². The largest absolute Gasteiger partial charge is 0.490 e. The van der Waals surface area contributed by atoms with Crippen molar-refractivity contribution in [2.45, 2.75) is 51.5 Å². The number of aliphatic hydroxyl groups is 1. The predicted octanol–water partition coefficient (Wildman–Crippen LogP) is 5.31. The highest BCUT2D eigenvalue weighted by Gasteiger charge is 2.37. The molecule has 5 heteroatoms. The molecule has 24 heavy (non-hydrogen) atoms. The molecule has 0 saturated heterocycles. The summed E-state index contributed by atoms with van der Waals surface area (Å²) in [5.41, 5.74) is -0.131. The summed E-state index contributed by atoms with van der Waals surface area (Å²) in [5, 5.41) is 9.74. The van der Waals surface area contributed by atoms with E-state index < -0.39 is 11.7 Å². The Hall–Kier alpha value is -1.75. The molecular formula is C19H21F3O2. The normalized spacial score (nSPS) is 21.9. The second-order valence-corrected chi connectivity index (χ2v) is 6.65. The van der Waals surface area contributed by atoms with Crippen LogP contribution < -0.4 is 4.74 Å². The van der Waals surface area contributed by atoms with Crippen molar-refractivity contribution in [3.8, 4) is 5.75 Å². The van der Waals surface area contributed by atoms with Crippen LogP contribution in [0.2, 0.25) is 0 Å². The van der Waals surface area contributed by atoms with Crippen LogP contribution in [0.5, 0.6) is 5.75 Å². The molecule has 2 nitrogen and oxygen atoms in total. The summed E-state index contributed by atoms with van der Waals surface area (Å²) in [6.07, 6.45) is -1.09. The molecule has 0 aromatic heterocycles. The van der Waals surface area contributed by atoms with Gasteiger partial charge in [0.05, 0.1) is 12.7 Å². The molecule has 0 radical (unpaired) electrons. The highest BCUT2D eigenvalue weighted by molar-refractivity contribution is 5.89. The second-order valence-electron chi connectivity index (χ2n) is 6.65. The summed E-state index contributed by atoms with van der Waals surface area (Å²) < 4.78 is 46.7. The zero-order valence-corrected chi connectivity index (χ0v) is 13.6. The van der Waals surface area contributed by atoms with E-state index in [1.165, 1.54) is 18.2 Å². The van der Waals surface area contributed by atoms with Gasteiger partial charge in [0.25, 0.3) is 0 Å². The number of hydrogen-bond acceptors (Lipinski definition) is 2. The third-order valence-electron chi connectivity index (χ3n) is 4.77. The standard InChI is InChI=1S/C19H21F3O2/c1-12-2-6-15(7-3-12)24-17-9-5-14-10-13(11-23)4-8-16(14)18(17)19(20,21)22/h4-5,8-10,12,15,23H,2-3,6-7,11H2,1H3. The number of fused-ring (bicyclic) bond motifs is 1. The van der Waals surface area contributed by atoms with E-state index in [2.05, 4.69) is 6.92 Å². The summed E-state index contributed by atoms with van der Waals surface area (Å²) in [6, 6.07) is 7.55. The monoisotopic (exact) mass is 338 g/mol. The van der Waals surface area contributed by atoms with E-state index in [0.717, 1.165) is 25.7 Å². The van der Waals surface area contributed by atoms with E-state index in [-0.39, 0.29) is 23.8 Å². The summed E-state index contributed by atoms with van der Waals surface area (Å²) >= 11 is 0. The average Bonchev–Trinajstić information content (AvgIpc) is 2.55. The molecule has 2 aromatic carbocycles. The third-order valence-corrected chi connectivity index (χ3v) is 4.77. The molecule has 0 atom stereocenters. The first kappa shape index (κ1) is 17.1. The quantitative estimate of drug-likeness (QED) is 0.822. The van der Waals surface area contributed by atoms with Gasteiger partial charge in [-0.2, -0.15) is 13.2 Å². The van der Waals surface area contributed by atoms with Gasteiger partial charge in [-0.1, -0.05) is 25.1 Å². The SMILES string of the molecule is CC1CCC(Oc2ccc3cc(CO)ccc3c2C(F)(F)F)CC1. The molecule has 0 unspecified atom stereocenters. The molecule has 0 amide bonds. The molecule has 130 valence electrons. The van der Waals surface area contributed by atoms with Crippen molar-refractivity contribution < 1.29 is 23.0 Å². The number of hydrogen-bond donors (Lipinski definition) is 1. The van der Waals surface area contributed by atoms with Gasteiger partial charge in [0.2, 0.25) is 0 Å². The molecule has 0 heterocycles. The lowest BCUT2D eigenvalue weighted by Gasteiger charge is -2.28. The molecule has 0 aliphatic heterocycles. The minimum absolute atomic E-state index is 0.0914. The second kappa shape index (κ2) is 6.63. The van der Waals surface area contributed by atoms with Crippen LogP contribution in [-0.4, -0.2) is 11.2 Å². The lowest BCUT2D eigenvalue weighted by molar-refractivity contribution is -0.138. The Morgan fingerprint density at radius 1 is 1.08 bits per heavy atom. The summed E-state index contributed by atoms with van der Waals surface area (Å²) in [6.45, 7) is 1.96. The highest BCUT2D eigenvalue weighted by Crippen LogP contribution is 2.42. The maximum atomic E-state index is 13.6. The lowest BCUT2D eigenvalue weighted by atomic mass is 9.89. The Kier molecular flexibility index (Phi) is 4.72. The van der Waals surface area contributed by atoms with Crippen molar-refractivity contribution >= 4 is 10.8 Å². The Morgan fingerprint density at radius 2 is 1.79 bits per heavy atom. The minimum atomic E-state index is -4.49. The Bertz CT molecular complexity index is 716. The fourth-order valence-corrected chi connectivity index (χ4v) is 3.38. The molecule has 1 aliphatic carbocycles. The van der Waals surface area contributed by atoms with Crippen LogP contribution in [0.3, 0.4) is 0 Å². The molecule has 1 N–H and O–H groups in total. The molecule has 3 rings (SSSR count). The average molecular weight is 338 g/mol. The predicted molar refractivity (Wildman–Crippen MR) is 86.9 cm³/mol. The van der Waals surface area contributed by atoms with Crippen LogP contribution in [0, 0.1) is 5.92 Å². The summed E-state index contributed by atoms with van der Waals surface area (Å²) in [7, 11) is 0. The van der Waals surface area contributed by atoms with E-state index >= 15 is 0 Å². The maximum Gasteiger partial charge on any atom is 0.420 e. The summed E-state index contributed by atoms with van der Waals surface area (Å²) in [5.74, 6) is 0.520. The number of alkyl halides is 3. The van der Waals surface area contributed by atoms with Crippen molar-refractivity contribution in [2.75, 3.05) is 0 Å². The zero-order valence-electron chi connectivity index (χ0n) is 13.6. The van der Waals surface area contributed by atoms with Gasteiger partial charge in [-0.15, -0.1) is 0 Å². The highest BCUT2D eigenvalue weighted by atomic mass is 19.4. The van der Waals surface area contributed by atoms with Gasteiger partial charge in [-0.25, -0.2) is 0 Å². The maximum absolute atomic E-state index is 13.6. The van der Waals surface area contributed by atoms with Crippen molar-refractivity contribution in [3.63, 3.8) is 0 Å². The fourth-order valence-electron chi connectivity index (χ4n) is 3.38. The first-order valence-corrected chi connectivity index (χ1v) is 8.29. The molecule has 2 aromatic rings. The first-order chi connectivity index (χ1) is 11.4. The van der Waals surface area contributed by atoms with Gasteiger partial charge in [-0.3, -0.25) is 0 Å². The molecule has 1 fully saturated rings. The summed E-state index contributed by atoms with van der Waals surface area (Å²) in [4.78, 5) is 0. The lowest BCUT2D eigenvalue weighted by Crippen LogP contribution is -2.24. The first-order valence-electron chi connectivity index (χ1n) is 8.29. The van der Waals surface area contributed by atoms with Gasteiger partial charge >= 0.3 is 6.18 Å². The van der Waals surface area contributed by atoms with Gasteiger partial charge < -0.3 is 9.84 Å². The van der Waals surface area contributed by atoms with E-state index in [1.54, 1.807) is 12.1 Å². The van der Waals surface area contributed by atoms with Gasteiger partial charge in [0, 0.05) is 0 Å². The van der Waals surface area contributed by atoms with Crippen LogP contribution in [0.1, 0.15) is 43.7 Å². The minimum Gasteiger partial charge on any atom is -0.490 e. The van der Waals surface area contributed by atoms with Crippen LogP contribution >= 0.6 is 0 Å². The number of benzene rings is 2. The smallest absolute Gasteiger partial charge is 0.420 e. The molecule has 1 saturated carbocycles. The molecule has 0 spiro atoms. The van der Waals surface area contributed by atoms with Gasteiger partial charge in [0.1, 0.15) is 11.3 Å². The van der Waals surface area contributed by atoms with Crippen molar-refractivity contribution in [2.24, 2.45) is 5.92 Å². The van der Waals surface area contributed by atoms with Crippen LogP contribution in [0.15, 0.2) is 30.3 Å². The van der Waals surface area contributed by atoms with E-state index in [1.807, 2.05) is 0 Å². The van der Waals surface area contributed by atoms with Crippen molar-refractivity contribution in [1.29, 1.82) is 0 Å². The molecule has 1 aliphatic rings. The van der Waals surface area contributed by atoms with Crippen molar-refractivity contribution in [3.05, 3.63) is 41.5 Å². The van der Waals surface area contributed by atoms with Gasteiger partial charge in [0.15, 0.2) is 0 Å². The Morgan fingerprint density at radius 3 is 2.42 bits per heavy atom. The van der Waals surface area contributed by atoms with E-state index in [9.17, 15) is 18.3 Å². The van der Waals surface area contributed by atoms with E-state index in [4.69, 9.17) is 4.74 Å². The number of aliphatic hydroxyl groups excluding tert-OH is 1. The van der Waals surface area contributed by atoms with Crippen LogP contribution in [0.25, 0.3) is 10.8 Å². The van der Waals surface area contributed by atoms with Crippen molar-refractivity contribution in [1.82, 2.24) is 0 Å². The Balaban J connectivity index is 2.00. The molecule has 0 bridgehead atoms. The van der Waals surface area contributed by atoms with E-state index in [0.29, 0.717) is 16.9 Å². The van der Waals surface area contributed by atoms with Crippen LogP contribution in [0.4, 0.5) is 13.2 Å². The van der Waals surface area contributed by atoms with Gasteiger partial charge in [-0.05, 0) is 60.1 Å².